The van der Waals surface area contributed by atoms with Crippen LogP contribution in [0.2, 0.25) is 0 Å². The van der Waals surface area contributed by atoms with Crippen LogP contribution in [0.5, 0.6) is 0 Å². The van der Waals surface area contributed by atoms with Crippen LogP contribution in [0.4, 0.5) is 5.82 Å². The fraction of sp³-hybridized carbons (Fsp3) is 0.556. The van der Waals surface area contributed by atoms with Crippen molar-refractivity contribution in [2.45, 2.75) is 18.6 Å². The number of anilines is 1. The molecule has 4 nitrogen and oxygen atoms in total. The largest absolute Gasteiger partial charge is 0.364 e. The number of nitrogens with one attached hydrogen (secondary N) is 2. The van der Waals surface area contributed by atoms with Crippen molar-refractivity contribution in [2.75, 3.05) is 18.1 Å². The Morgan fingerprint density at radius 3 is 2.93 bits per heavy atom. The minimum absolute atomic E-state index is 0.101. The first-order valence-electron chi connectivity index (χ1n) is 4.38. The van der Waals surface area contributed by atoms with E-state index in [2.05, 4.69) is 29.1 Å². The molecule has 0 saturated heterocycles. The second-order valence-electron chi connectivity index (χ2n) is 3.58. The van der Waals surface area contributed by atoms with Gasteiger partial charge in [-0.2, -0.15) is 11.8 Å². The molecule has 0 spiro atoms. The Balaban J connectivity index is 2.63. The third-order valence-corrected chi connectivity index (χ3v) is 3.19. The highest BCUT2D eigenvalue weighted by molar-refractivity contribution is 7.99. The van der Waals surface area contributed by atoms with Crippen molar-refractivity contribution in [1.29, 1.82) is 0 Å². The van der Waals surface area contributed by atoms with E-state index in [1.54, 1.807) is 18.0 Å². The van der Waals surface area contributed by atoms with Gasteiger partial charge in [0.2, 0.25) is 0 Å². The van der Waals surface area contributed by atoms with Crippen LogP contribution in [-0.2, 0) is 0 Å². The van der Waals surface area contributed by atoms with E-state index >= 15 is 0 Å². The van der Waals surface area contributed by atoms with Crippen molar-refractivity contribution in [3.63, 3.8) is 0 Å². The predicted molar refractivity (Wildman–Crippen MR) is 60.9 cm³/mol. The Bertz CT molecular complexity index is 348. The molecule has 1 rings (SSSR count). The van der Waals surface area contributed by atoms with E-state index in [-0.39, 0.29) is 10.3 Å². The van der Waals surface area contributed by atoms with Gasteiger partial charge in [0.15, 0.2) is 5.82 Å². The van der Waals surface area contributed by atoms with Gasteiger partial charge in [0.05, 0.1) is 0 Å². The van der Waals surface area contributed by atoms with Crippen molar-refractivity contribution in [1.82, 2.24) is 9.97 Å². The number of thioether (sulfide) groups is 1. The van der Waals surface area contributed by atoms with E-state index in [9.17, 15) is 4.79 Å². The van der Waals surface area contributed by atoms with Gasteiger partial charge in [-0.15, -0.1) is 0 Å². The Labute approximate surface area is 87.5 Å². The lowest BCUT2D eigenvalue weighted by atomic mass is 10.2. The smallest absolute Gasteiger partial charge is 0.290 e. The quantitative estimate of drug-likeness (QED) is 0.792. The maximum Gasteiger partial charge on any atom is 0.290 e. The normalized spacial score (nSPS) is 11.4. The second kappa shape index (κ2) is 4.50. The monoisotopic (exact) mass is 213 g/mol. The van der Waals surface area contributed by atoms with Gasteiger partial charge in [0.1, 0.15) is 0 Å². The summed E-state index contributed by atoms with van der Waals surface area (Å²) in [6.45, 7) is 4.94. The summed E-state index contributed by atoms with van der Waals surface area (Å²) in [5.41, 5.74) is -0.176. The summed E-state index contributed by atoms with van der Waals surface area (Å²) in [5, 5.41) is 3.03. The van der Waals surface area contributed by atoms with Gasteiger partial charge >= 0.3 is 0 Å². The van der Waals surface area contributed by atoms with Crippen molar-refractivity contribution in [3.05, 3.63) is 22.7 Å². The summed E-state index contributed by atoms with van der Waals surface area (Å²) in [6.07, 6.45) is 5.13. The van der Waals surface area contributed by atoms with Crippen LogP contribution in [-0.4, -0.2) is 27.5 Å². The molecule has 1 aromatic heterocycles. The SMILES string of the molecule is CSC(C)(C)CNc1ncc[nH]c1=O. The van der Waals surface area contributed by atoms with E-state index in [0.29, 0.717) is 12.4 Å². The lowest BCUT2D eigenvalue weighted by Crippen LogP contribution is -2.28. The van der Waals surface area contributed by atoms with Gasteiger partial charge in [0.25, 0.3) is 5.56 Å². The highest BCUT2D eigenvalue weighted by Gasteiger charge is 2.15. The van der Waals surface area contributed by atoms with E-state index in [0.717, 1.165) is 0 Å². The standard InChI is InChI=1S/C9H15N3OS/c1-9(2,14-3)6-12-7-8(13)11-5-4-10-7/h4-5H,6H2,1-3H3,(H,10,12)(H,11,13). The summed E-state index contributed by atoms with van der Waals surface area (Å²) in [4.78, 5) is 17.8. The van der Waals surface area contributed by atoms with Gasteiger partial charge in [-0.05, 0) is 20.1 Å². The molecule has 1 heterocycles. The molecule has 0 radical (unpaired) electrons. The number of aromatic nitrogens is 2. The van der Waals surface area contributed by atoms with Gasteiger partial charge in [0, 0.05) is 23.7 Å². The molecule has 1 aromatic rings. The van der Waals surface area contributed by atoms with Crippen LogP contribution < -0.4 is 10.9 Å². The molecular weight excluding hydrogens is 198 g/mol. The number of H-pyrrole nitrogens is 1. The van der Waals surface area contributed by atoms with E-state index in [1.165, 1.54) is 6.20 Å². The van der Waals surface area contributed by atoms with Crippen LogP contribution in [0.15, 0.2) is 17.2 Å². The number of hydrogen-bond acceptors (Lipinski definition) is 4. The molecule has 0 aliphatic rings. The Hall–Kier alpha value is -0.970. The first-order chi connectivity index (χ1) is 6.55. The topological polar surface area (TPSA) is 57.8 Å². The zero-order valence-corrected chi connectivity index (χ0v) is 9.44. The lowest BCUT2D eigenvalue weighted by molar-refractivity contribution is 0.748. The van der Waals surface area contributed by atoms with Gasteiger partial charge < -0.3 is 10.3 Å². The Morgan fingerprint density at radius 1 is 1.64 bits per heavy atom. The van der Waals surface area contributed by atoms with Crippen LogP contribution in [0.3, 0.4) is 0 Å². The number of nitrogens with zero attached hydrogens (tertiary/aromatic N) is 1. The van der Waals surface area contributed by atoms with Crippen molar-refractivity contribution in [2.24, 2.45) is 0 Å². The molecule has 2 N–H and O–H groups in total. The minimum Gasteiger partial charge on any atom is -0.364 e. The maximum absolute atomic E-state index is 11.2. The molecule has 0 saturated carbocycles. The van der Waals surface area contributed by atoms with Gasteiger partial charge in [-0.1, -0.05) is 0 Å². The second-order valence-corrected chi connectivity index (χ2v) is 5.10. The van der Waals surface area contributed by atoms with Gasteiger partial charge in [-0.25, -0.2) is 4.98 Å². The zero-order chi connectivity index (χ0) is 10.6. The zero-order valence-electron chi connectivity index (χ0n) is 8.63. The van der Waals surface area contributed by atoms with Crippen LogP contribution >= 0.6 is 11.8 Å². The molecule has 0 aromatic carbocycles. The molecule has 78 valence electrons. The van der Waals surface area contributed by atoms with Crippen LogP contribution in [0.1, 0.15) is 13.8 Å². The number of aromatic amines is 1. The van der Waals surface area contributed by atoms with Crippen molar-refractivity contribution in [3.8, 4) is 0 Å². The molecule has 0 bridgehead atoms. The fourth-order valence-electron chi connectivity index (χ4n) is 0.846. The average molecular weight is 213 g/mol. The highest BCUT2D eigenvalue weighted by Crippen LogP contribution is 2.20. The minimum atomic E-state index is -0.176. The van der Waals surface area contributed by atoms with Crippen molar-refractivity contribution >= 4 is 17.6 Å². The molecule has 0 aliphatic carbocycles. The number of rotatable bonds is 4. The van der Waals surface area contributed by atoms with E-state index < -0.39 is 0 Å². The van der Waals surface area contributed by atoms with Crippen LogP contribution in [0, 0.1) is 0 Å². The number of hydrogen-bond donors (Lipinski definition) is 2. The third kappa shape index (κ3) is 3.06. The molecular formula is C9H15N3OS. The average Bonchev–Trinajstić information content (AvgIpc) is 2.17. The molecule has 0 unspecified atom stereocenters. The third-order valence-electron chi connectivity index (χ3n) is 1.94. The molecule has 0 atom stereocenters. The fourth-order valence-corrected chi connectivity index (χ4v) is 1.06. The Morgan fingerprint density at radius 2 is 2.36 bits per heavy atom. The summed E-state index contributed by atoms with van der Waals surface area (Å²) < 4.78 is 0.101. The molecule has 5 heteroatoms. The first-order valence-corrected chi connectivity index (χ1v) is 5.60. The van der Waals surface area contributed by atoms with Crippen molar-refractivity contribution < 1.29 is 0 Å². The predicted octanol–water partition coefficient (Wildman–Crippen LogP) is 1.32. The summed E-state index contributed by atoms with van der Waals surface area (Å²) in [6, 6.07) is 0. The molecule has 0 amide bonds. The summed E-state index contributed by atoms with van der Waals surface area (Å²) >= 11 is 1.75. The molecule has 0 aliphatic heterocycles. The summed E-state index contributed by atoms with van der Waals surface area (Å²) in [7, 11) is 0. The molecule has 0 fully saturated rings. The lowest BCUT2D eigenvalue weighted by Gasteiger charge is -2.22. The van der Waals surface area contributed by atoms with Crippen LogP contribution in [0.25, 0.3) is 0 Å². The summed E-state index contributed by atoms with van der Waals surface area (Å²) in [5.74, 6) is 0.384. The highest BCUT2D eigenvalue weighted by atomic mass is 32.2. The van der Waals surface area contributed by atoms with E-state index in [1.807, 2.05) is 6.26 Å². The molecule has 14 heavy (non-hydrogen) atoms. The van der Waals surface area contributed by atoms with Gasteiger partial charge in [-0.3, -0.25) is 4.79 Å². The Kier molecular flexibility index (Phi) is 3.57. The van der Waals surface area contributed by atoms with E-state index in [4.69, 9.17) is 0 Å². The first kappa shape index (κ1) is 11.1. The maximum atomic E-state index is 11.2.